The van der Waals surface area contributed by atoms with E-state index in [1.54, 1.807) is 6.08 Å². The molecule has 0 radical (unpaired) electrons. The first-order chi connectivity index (χ1) is 22.3. The van der Waals surface area contributed by atoms with E-state index in [0.717, 1.165) is 30.5 Å². The zero-order valence-corrected chi connectivity index (χ0v) is 31.2. The lowest BCUT2D eigenvalue weighted by Gasteiger charge is -2.14. The third-order valence-electron chi connectivity index (χ3n) is 7.50. The second kappa shape index (κ2) is 26.3. The first kappa shape index (κ1) is 45.3. The summed E-state index contributed by atoms with van der Waals surface area (Å²) in [6.07, 6.45) is 4.23. The van der Waals surface area contributed by atoms with E-state index in [-0.39, 0.29) is 18.1 Å². The Morgan fingerprint density at radius 1 is 0.787 bits per heavy atom. The Balaban J connectivity index is 0. The smallest absolute Gasteiger partial charge is 0.0957 e. The number of hydrogen-bond acceptors (Lipinski definition) is 5. The Kier molecular flexibility index (Phi) is 25.4. The van der Waals surface area contributed by atoms with Crippen molar-refractivity contribution in [2.24, 2.45) is 17.2 Å². The summed E-state index contributed by atoms with van der Waals surface area (Å²) in [7, 11) is 1.92. The van der Waals surface area contributed by atoms with Gasteiger partial charge in [0, 0.05) is 30.2 Å². The lowest BCUT2D eigenvalue weighted by molar-refractivity contribution is 0.762. The van der Waals surface area contributed by atoms with Crippen LogP contribution < -0.4 is 22.5 Å². The van der Waals surface area contributed by atoms with E-state index < -0.39 is 0 Å². The summed E-state index contributed by atoms with van der Waals surface area (Å²) in [5.41, 5.74) is 29.4. The van der Waals surface area contributed by atoms with Crippen LogP contribution in [-0.4, -0.2) is 25.2 Å². The topological polar surface area (TPSA) is 114 Å². The fraction of sp³-hybridized carbons (Fsp3) is 0.405. The maximum absolute atomic E-state index is 8.66. The molecule has 0 amide bonds. The highest BCUT2D eigenvalue weighted by molar-refractivity contribution is 5.35. The van der Waals surface area contributed by atoms with Crippen molar-refractivity contribution in [2.45, 2.75) is 106 Å². The van der Waals surface area contributed by atoms with Gasteiger partial charge in [0.1, 0.15) is 0 Å². The van der Waals surface area contributed by atoms with E-state index in [1.165, 1.54) is 38.9 Å². The Hall–Kier alpha value is -3.79. The van der Waals surface area contributed by atoms with Crippen LogP contribution in [-0.2, 0) is 25.8 Å². The molecule has 5 nitrogen and oxygen atoms in total. The van der Waals surface area contributed by atoms with Crippen LogP contribution in [0, 0.1) is 39.0 Å². The first-order valence-electron chi connectivity index (χ1n) is 16.8. The summed E-state index contributed by atoms with van der Waals surface area (Å²) in [6, 6.07) is 22.9. The monoisotopic (exact) mass is 640 g/mol. The maximum atomic E-state index is 8.66. The highest BCUT2D eigenvalue weighted by atomic mass is 14.8. The predicted octanol–water partition coefficient (Wildman–Crippen LogP) is 8.52. The normalized spacial score (nSPS) is 11.5. The standard InChI is InChI=1S/C13H17N3.C13H19N.C12H17N.2C2H6/c1-10(8-14)13(15)7-11-3-5-12(6-4-11)9-16-2;1-9(2)13(14)8-12-7-5-6-10(3)11(12)4;1-4-12(13)8-11-6-5-9(2)7-10(11)3;2*1-2/h3-6,13,16H,1,7,9,15H2,2H3;5-7,13H,1,8,14H2,2-4H3;4-7,12H,1,8,13H2,2-3H3;2*1-2H3. The van der Waals surface area contributed by atoms with Gasteiger partial charge in [0.05, 0.1) is 6.07 Å². The van der Waals surface area contributed by atoms with E-state index in [4.69, 9.17) is 22.5 Å². The van der Waals surface area contributed by atoms with Gasteiger partial charge in [-0.05, 0) is 99.9 Å². The van der Waals surface area contributed by atoms with Crippen LogP contribution in [0.3, 0.4) is 0 Å². The molecule has 3 aromatic carbocycles. The zero-order chi connectivity index (χ0) is 36.5. The number of rotatable bonds is 11. The van der Waals surface area contributed by atoms with E-state index in [2.05, 4.69) is 101 Å². The molecule has 3 atom stereocenters. The van der Waals surface area contributed by atoms with Crippen molar-refractivity contribution in [3.63, 3.8) is 0 Å². The predicted molar refractivity (Wildman–Crippen MR) is 209 cm³/mol. The number of nitrogens with two attached hydrogens (primary N) is 3. The molecule has 0 fully saturated rings. The summed E-state index contributed by atoms with van der Waals surface area (Å²) in [5, 5.41) is 11.7. The molecule has 47 heavy (non-hydrogen) atoms. The molecule has 3 aromatic rings. The molecule has 3 unspecified atom stereocenters. The second-order valence-electron chi connectivity index (χ2n) is 11.3. The average molecular weight is 640 g/mol. The third kappa shape index (κ3) is 18.8. The fourth-order valence-electron chi connectivity index (χ4n) is 4.31. The lowest BCUT2D eigenvalue weighted by atomic mass is 9.96. The van der Waals surface area contributed by atoms with Crippen LogP contribution in [0.15, 0.2) is 97.6 Å². The average Bonchev–Trinajstić information content (AvgIpc) is 3.07. The van der Waals surface area contributed by atoms with Crippen LogP contribution >= 0.6 is 0 Å². The first-order valence-corrected chi connectivity index (χ1v) is 16.8. The van der Waals surface area contributed by atoms with Gasteiger partial charge < -0.3 is 22.5 Å². The summed E-state index contributed by atoms with van der Waals surface area (Å²) >= 11 is 0. The van der Waals surface area contributed by atoms with Crippen molar-refractivity contribution in [3.05, 3.63) is 142 Å². The van der Waals surface area contributed by atoms with Crippen LogP contribution in [0.1, 0.15) is 79.1 Å². The van der Waals surface area contributed by atoms with Gasteiger partial charge in [-0.3, -0.25) is 0 Å². The van der Waals surface area contributed by atoms with E-state index >= 15 is 0 Å². The van der Waals surface area contributed by atoms with Gasteiger partial charge in [0.25, 0.3) is 0 Å². The largest absolute Gasteiger partial charge is 0.324 e. The van der Waals surface area contributed by atoms with Crippen LogP contribution in [0.5, 0.6) is 0 Å². The summed E-state index contributed by atoms with van der Waals surface area (Å²) in [5.74, 6) is 0. The molecule has 0 bridgehead atoms. The Morgan fingerprint density at radius 3 is 1.85 bits per heavy atom. The molecule has 0 heterocycles. The van der Waals surface area contributed by atoms with Crippen molar-refractivity contribution in [2.75, 3.05) is 7.05 Å². The third-order valence-corrected chi connectivity index (χ3v) is 7.50. The van der Waals surface area contributed by atoms with E-state index in [9.17, 15) is 0 Å². The molecule has 3 rings (SSSR count). The number of nitrogens with one attached hydrogen (secondary N) is 1. The van der Waals surface area contributed by atoms with Crippen molar-refractivity contribution in [1.82, 2.24) is 5.32 Å². The van der Waals surface area contributed by atoms with Crippen LogP contribution in [0.25, 0.3) is 0 Å². The van der Waals surface area contributed by atoms with Gasteiger partial charge in [-0.15, -0.1) is 6.58 Å². The number of hydrogen-bond donors (Lipinski definition) is 4. The molecule has 0 saturated heterocycles. The molecule has 258 valence electrons. The molecule has 0 aromatic heterocycles. The number of nitriles is 1. The van der Waals surface area contributed by atoms with Gasteiger partial charge in [-0.2, -0.15) is 5.26 Å². The van der Waals surface area contributed by atoms with Crippen molar-refractivity contribution < 1.29 is 0 Å². The molecule has 7 N–H and O–H groups in total. The molecule has 0 aliphatic rings. The van der Waals surface area contributed by atoms with Gasteiger partial charge in [0.15, 0.2) is 0 Å². The molecular formula is C42H65N5. The van der Waals surface area contributed by atoms with Crippen LogP contribution in [0.2, 0.25) is 0 Å². The minimum absolute atomic E-state index is 0.0707. The SMILES string of the molecule is C=C(C#N)C(N)Cc1ccc(CNC)cc1.C=C(C)C(N)Cc1cccc(C)c1C.C=CC(N)Cc1ccc(C)cc1C.CC.CC. The minimum atomic E-state index is -0.278. The summed E-state index contributed by atoms with van der Waals surface area (Å²) in [6.45, 7) is 30.5. The van der Waals surface area contributed by atoms with Gasteiger partial charge in [-0.1, -0.05) is 119 Å². The Bertz CT molecular complexity index is 1360. The number of nitrogens with zero attached hydrogens (tertiary/aromatic N) is 1. The zero-order valence-electron chi connectivity index (χ0n) is 31.2. The van der Waals surface area contributed by atoms with Gasteiger partial charge in [-0.25, -0.2) is 0 Å². The molecule has 0 saturated carbocycles. The Morgan fingerprint density at radius 2 is 1.36 bits per heavy atom. The van der Waals surface area contributed by atoms with Crippen molar-refractivity contribution in [3.8, 4) is 6.07 Å². The molecule has 0 spiro atoms. The van der Waals surface area contributed by atoms with Gasteiger partial charge in [0.2, 0.25) is 0 Å². The number of aryl methyl sites for hydroxylation is 3. The highest BCUT2D eigenvalue weighted by Gasteiger charge is 2.08. The molecule has 5 heteroatoms. The fourth-order valence-corrected chi connectivity index (χ4v) is 4.31. The Labute approximate surface area is 288 Å². The number of benzene rings is 3. The van der Waals surface area contributed by atoms with E-state index in [1.807, 2.05) is 59.9 Å². The van der Waals surface area contributed by atoms with Gasteiger partial charge >= 0.3 is 0 Å². The molecule has 0 aliphatic carbocycles. The quantitative estimate of drug-likeness (QED) is 0.124. The van der Waals surface area contributed by atoms with Crippen molar-refractivity contribution in [1.29, 1.82) is 5.26 Å². The highest BCUT2D eigenvalue weighted by Crippen LogP contribution is 2.16. The lowest BCUT2D eigenvalue weighted by Crippen LogP contribution is -2.24. The maximum Gasteiger partial charge on any atom is 0.0957 e. The molecular weight excluding hydrogens is 574 g/mol. The van der Waals surface area contributed by atoms with E-state index in [0.29, 0.717) is 12.0 Å². The minimum Gasteiger partial charge on any atom is -0.324 e. The van der Waals surface area contributed by atoms with Crippen LogP contribution in [0.4, 0.5) is 0 Å². The summed E-state index contributed by atoms with van der Waals surface area (Å²) < 4.78 is 0. The van der Waals surface area contributed by atoms with Crippen molar-refractivity contribution >= 4 is 0 Å². The summed E-state index contributed by atoms with van der Waals surface area (Å²) in [4.78, 5) is 0. The molecule has 0 aliphatic heterocycles. The second-order valence-corrected chi connectivity index (χ2v) is 11.3.